The number of benzene rings is 2. The first-order valence-corrected chi connectivity index (χ1v) is 14.4. The molecule has 1 heterocycles. The third-order valence-electron chi connectivity index (χ3n) is 7.43. The highest BCUT2D eigenvalue weighted by Crippen LogP contribution is 2.33. The lowest BCUT2D eigenvalue weighted by Gasteiger charge is -2.28. The molecule has 0 fully saturated rings. The quantitative estimate of drug-likeness (QED) is 0.229. The van der Waals surface area contributed by atoms with Crippen molar-refractivity contribution in [1.29, 1.82) is 0 Å². The van der Waals surface area contributed by atoms with Gasteiger partial charge in [-0.15, -0.1) is 0 Å². The van der Waals surface area contributed by atoms with Crippen LogP contribution < -0.4 is 10.3 Å². The van der Waals surface area contributed by atoms with Crippen molar-refractivity contribution < 1.29 is 33.3 Å². The zero-order valence-electron chi connectivity index (χ0n) is 25.7. The second-order valence-corrected chi connectivity index (χ2v) is 10.3. The van der Waals surface area contributed by atoms with Crippen LogP contribution in [0.1, 0.15) is 27.9 Å². The minimum absolute atomic E-state index is 0.0474. The monoisotopic (exact) mass is 604 g/mol. The average molecular weight is 605 g/mol. The number of ether oxygens (including phenoxy) is 4. The zero-order chi connectivity index (χ0) is 31.5. The van der Waals surface area contributed by atoms with Crippen LogP contribution in [-0.2, 0) is 18.9 Å². The summed E-state index contributed by atoms with van der Waals surface area (Å²) in [5.41, 5.74) is 4.77. The van der Waals surface area contributed by atoms with E-state index in [1.807, 2.05) is 30.3 Å². The zero-order valence-corrected chi connectivity index (χ0v) is 25.7. The van der Waals surface area contributed by atoms with E-state index in [1.165, 1.54) is 24.5 Å². The van der Waals surface area contributed by atoms with Gasteiger partial charge < -0.3 is 38.3 Å². The van der Waals surface area contributed by atoms with E-state index >= 15 is 0 Å². The smallest absolute Gasteiger partial charge is 0.335 e. The second-order valence-electron chi connectivity index (χ2n) is 10.3. The molecule has 0 saturated heterocycles. The van der Waals surface area contributed by atoms with Gasteiger partial charge in [0.15, 0.2) is 0 Å². The predicted molar refractivity (Wildman–Crippen MR) is 170 cm³/mol. The molecule has 234 valence electrons. The summed E-state index contributed by atoms with van der Waals surface area (Å²) in [6, 6.07) is 12.3. The molecule has 0 aliphatic heterocycles. The number of methoxy groups -OCH3 is 4. The Morgan fingerprint density at radius 2 is 1.50 bits per heavy atom. The lowest BCUT2D eigenvalue weighted by Crippen LogP contribution is -2.30. The van der Waals surface area contributed by atoms with E-state index in [9.17, 15) is 14.7 Å². The van der Waals surface area contributed by atoms with E-state index in [-0.39, 0.29) is 16.6 Å². The van der Waals surface area contributed by atoms with Gasteiger partial charge >= 0.3 is 5.97 Å². The number of hydrogen-bond acceptors (Lipinski definition) is 9. The number of aromatic carboxylic acids is 1. The Bertz CT molecular complexity index is 1560. The molecule has 0 radical (unpaired) electrons. The molecule has 2 aromatic carbocycles. The Hall–Kier alpha value is -4.22. The van der Waals surface area contributed by atoms with Crippen LogP contribution in [0.15, 0.2) is 87.4 Å². The summed E-state index contributed by atoms with van der Waals surface area (Å²) in [5, 5.41) is 9.72. The molecule has 0 atom stereocenters. The van der Waals surface area contributed by atoms with E-state index in [0.717, 1.165) is 22.5 Å². The van der Waals surface area contributed by atoms with Crippen molar-refractivity contribution in [3.05, 3.63) is 105 Å². The van der Waals surface area contributed by atoms with Crippen LogP contribution >= 0.6 is 0 Å². The largest absolute Gasteiger partial charge is 0.478 e. The molecule has 0 unspecified atom stereocenters. The van der Waals surface area contributed by atoms with Gasteiger partial charge in [-0.05, 0) is 47.5 Å². The molecule has 10 heteroatoms. The Labute approximate surface area is 257 Å². The number of carboxylic acids is 1. The molecule has 3 aromatic rings. The van der Waals surface area contributed by atoms with Gasteiger partial charge in [0.1, 0.15) is 18.6 Å². The van der Waals surface area contributed by atoms with Crippen molar-refractivity contribution in [1.82, 2.24) is 4.90 Å². The minimum atomic E-state index is -1.09. The van der Waals surface area contributed by atoms with Crippen LogP contribution in [0, 0.1) is 0 Å². The fourth-order valence-electron chi connectivity index (χ4n) is 5.14. The maximum Gasteiger partial charge on any atom is 0.335 e. The molecular weight excluding hydrogens is 564 g/mol. The Kier molecular flexibility index (Phi) is 11.9. The van der Waals surface area contributed by atoms with Crippen molar-refractivity contribution in [2.75, 3.05) is 79.5 Å². The number of rotatable bonds is 16. The first-order valence-electron chi connectivity index (χ1n) is 14.4. The Morgan fingerprint density at radius 3 is 2.11 bits per heavy atom. The molecule has 1 aliphatic carbocycles. The molecule has 44 heavy (non-hydrogen) atoms. The van der Waals surface area contributed by atoms with Gasteiger partial charge in [-0.2, -0.15) is 0 Å². The summed E-state index contributed by atoms with van der Waals surface area (Å²) >= 11 is 0. The van der Waals surface area contributed by atoms with Crippen LogP contribution in [0.2, 0.25) is 0 Å². The summed E-state index contributed by atoms with van der Waals surface area (Å²) in [7, 11) is 6.67. The second kappa shape index (κ2) is 16.0. The number of nitrogens with zero attached hydrogens (tertiary/aromatic N) is 2. The van der Waals surface area contributed by atoms with Crippen molar-refractivity contribution >= 4 is 28.2 Å². The number of anilines is 1. The predicted octanol–water partition coefficient (Wildman–Crippen LogP) is 4.79. The number of fused-ring (bicyclic) bond motifs is 1. The summed E-state index contributed by atoms with van der Waals surface area (Å²) in [5.74, 6) is -1.09. The van der Waals surface area contributed by atoms with Gasteiger partial charge in [0.2, 0.25) is 5.43 Å². The van der Waals surface area contributed by atoms with Gasteiger partial charge in [0.05, 0.1) is 36.3 Å². The number of carboxylic acid groups (broad SMARTS) is 1. The average Bonchev–Trinajstić information content (AvgIpc) is 3.04. The lowest BCUT2D eigenvalue weighted by atomic mass is 9.90. The first kappa shape index (κ1) is 32.7. The fraction of sp³-hybridized carbons (Fsp3) is 0.353. The molecule has 0 spiro atoms. The van der Waals surface area contributed by atoms with Crippen molar-refractivity contribution in [2.24, 2.45) is 0 Å². The van der Waals surface area contributed by atoms with Gasteiger partial charge in [-0.25, -0.2) is 4.79 Å². The molecule has 0 amide bonds. The highest BCUT2D eigenvalue weighted by molar-refractivity contribution is 5.94. The van der Waals surface area contributed by atoms with E-state index in [4.69, 9.17) is 23.4 Å². The summed E-state index contributed by atoms with van der Waals surface area (Å²) in [6.45, 7) is 4.11. The number of allylic oxidation sites excluding steroid dienone is 4. The van der Waals surface area contributed by atoms with Crippen LogP contribution in [0.4, 0.5) is 5.69 Å². The Balaban J connectivity index is 1.87. The Morgan fingerprint density at radius 1 is 0.864 bits per heavy atom. The van der Waals surface area contributed by atoms with Crippen molar-refractivity contribution in [3.63, 3.8) is 0 Å². The highest BCUT2D eigenvalue weighted by atomic mass is 16.5. The van der Waals surface area contributed by atoms with Gasteiger partial charge in [0, 0.05) is 71.5 Å². The molecular formula is C34H40N2O8. The molecule has 1 aliphatic rings. The number of hydrogen-bond donors (Lipinski definition) is 1. The van der Waals surface area contributed by atoms with Gasteiger partial charge in [-0.1, -0.05) is 24.3 Å². The minimum Gasteiger partial charge on any atom is -0.478 e. The molecule has 0 saturated carbocycles. The molecule has 0 bridgehead atoms. The summed E-state index contributed by atoms with van der Waals surface area (Å²) < 4.78 is 27.3. The van der Waals surface area contributed by atoms with Crippen LogP contribution in [-0.4, -0.2) is 90.6 Å². The molecule has 10 nitrogen and oxygen atoms in total. The third kappa shape index (κ3) is 7.83. The van der Waals surface area contributed by atoms with Crippen LogP contribution in [0.5, 0.6) is 0 Å². The van der Waals surface area contributed by atoms with Gasteiger partial charge in [0.25, 0.3) is 0 Å². The highest BCUT2D eigenvalue weighted by Gasteiger charge is 2.20. The maximum atomic E-state index is 14.0. The van der Waals surface area contributed by atoms with Crippen molar-refractivity contribution in [3.8, 4) is 0 Å². The van der Waals surface area contributed by atoms with Gasteiger partial charge in [-0.3, -0.25) is 4.79 Å². The third-order valence-corrected chi connectivity index (χ3v) is 7.43. The normalized spacial score (nSPS) is 14.0. The summed E-state index contributed by atoms with van der Waals surface area (Å²) in [6.07, 6.45) is 8.26. The standard InChI is InChI=1S/C34H40N2O8/c1-40-17-14-35(15-18-41-2)27-11-8-24(9-12-27)32(25-6-5-7-28(20-25)36(23-43-4)16-19-42-3)30-22-44-31-21-26(34(38)39)10-13-29(31)33(30)37/h5-6,8-13,20-22H,7,14-19,23H2,1-4H3,(H,38,39). The molecule has 1 aromatic heterocycles. The number of carbonyl (C=O) groups is 1. The topological polar surface area (TPSA) is 111 Å². The first-order chi connectivity index (χ1) is 21.4. The molecule has 1 N–H and O–H groups in total. The summed E-state index contributed by atoms with van der Waals surface area (Å²) in [4.78, 5) is 29.8. The van der Waals surface area contributed by atoms with E-state index in [2.05, 4.69) is 22.0 Å². The van der Waals surface area contributed by atoms with E-state index in [1.54, 1.807) is 28.4 Å². The lowest BCUT2D eigenvalue weighted by molar-refractivity contribution is 0.0646. The van der Waals surface area contributed by atoms with E-state index in [0.29, 0.717) is 69.1 Å². The maximum absolute atomic E-state index is 14.0. The van der Waals surface area contributed by atoms with Crippen molar-refractivity contribution in [2.45, 2.75) is 6.42 Å². The van der Waals surface area contributed by atoms with Crippen LogP contribution in [0.25, 0.3) is 16.5 Å². The fourth-order valence-corrected chi connectivity index (χ4v) is 5.14. The molecule has 4 rings (SSSR count). The van der Waals surface area contributed by atoms with E-state index < -0.39 is 5.97 Å². The van der Waals surface area contributed by atoms with Crippen LogP contribution in [0.3, 0.4) is 0 Å². The SMILES string of the molecule is COCCN(COC)C1=CC(=C(c2ccc(N(CCOC)CCOC)cc2)c2coc3cc(C(=O)O)ccc3c2=O)C=CC1.